The summed E-state index contributed by atoms with van der Waals surface area (Å²) in [5.74, 6) is -2.61. The van der Waals surface area contributed by atoms with Gasteiger partial charge in [-0.15, -0.1) is 0 Å². The van der Waals surface area contributed by atoms with E-state index in [4.69, 9.17) is 37.9 Å². The second-order valence-electron chi connectivity index (χ2n) is 16.0. The topological polar surface area (TPSA) is 174 Å². The minimum absolute atomic E-state index is 0.140. The van der Waals surface area contributed by atoms with Gasteiger partial charge in [-0.25, -0.2) is 0 Å². The van der Waals surface area contributed by atoms with Gasteiger partial charge in [-0.2, -0.15) is 0 Å². The average molecular weight is 852 g/mol. The number of carbonyl (C=O) groups is 4. The van der Waals surface area contributed by atoms with Crippen LogP contribution >= 0.6 is 11.8 Å². The monoisotopic (exact) mass is 851 g/mol. The van der Waals surface area contributed by atoms with Crippen molar-refractivity contribution in [3.63, 3.8) is 0 Å². The molecule has 0 spiro atoms. The number of ether oxygens (including phenoxy) is 8. The molecule has 0 saturated carbocycles. The van der Waals surface area contributed by atoms with Crippen molar-refractivity contribution >= 4 is 35.6 Å². The van der Waals surface area contributed by atoms with Gasteiger partial charge in [0.25, 0.3) is 0 Å². The van der Waals surface area contributed by atoms with Crippen molar-refractivity contribution < 1.29 is 62.2 Å². The third-order valence-corrected chi connectivity index (χ3v) is 11.3. The first kappa shape index (κ1) is 46.7. The third-order valence-electron chi connectivity index (χ3n) is 9.98. The first-order chi connectivity index (χ1) is 28.5. The van der Waals surface area contributed by atoms with Crippen LogP contribution in [-0.2, 0) is 75.7 Å². The van der Waals surface area contributed by atoms with E-state index < -0.39 is 90.9 Å². The highest BCUT2D eigenvalue weighted by Crippen LogP contribution is 2.39. The third kappa shape index (κ3) is 13.1. The maximum Gasteiger partial charge on any atom is 0.303 e. The first-order valence-electron chi connectivity index (χ1n) is 19.9. The smallest absolute Gasteiger partial charge is 0.303 e. The van der Waals surface area contributed by atoms with Crippen LogP contribution in [0, 0.1) is 6.92 Å². The fourth-order valence-corrected chi connectivity index (χ4v) is 8.18. The summed E-state index contributed by atoms with van der Waals surface area (Å²) in [5.41, 5.74) is 2.84. The number of thioether (sulfide) groups is 1. The molecule has 0 bridgehead atoms. The van der Waals surface area contributed by atoms with Crippen molar-refractivity contribution in [3.8, 4) is 0 Å². The van der Waals surface area contributed by atoms with E-state index >= 15 is 0 Å². The Labute approximate surface area is 355 Å². The number of aryl methyl sites for hydroxylation is 1. The SMILES string of the molecule is CC(=O)N[C@H]1[C@H](OC[C@H]2O[C@H](Sc3cc(C(C)(C)C)ccc3C)[C@@H](O)[C@@H](OCc3ccccc3)[C@@H]2OCc2ccccc2)O[C@H](COC(C)=O)[C@@H](OC(C)=O)[C@@H]1OC(C)=O. The van der Waals surface area contributed by atoms with Gasteiger partial charge < -0.3 is 48.3 Å². The molecule has 5 rings (SSSR count). The maximum absolute atomic E-state index is 12.7. The number of aliphatic hydroxyl groups is 1. The molecule has 0 unspecified atom stereocenters. The normalized spacial score (nSPS) is 26.8. The van der Waals surface area contributed by atoms with E-state index in [1.165, 1.54) is 39.5 Å². The predicted molar refractivity (Wildman–Crippen MR) is 220 cm³/mol. The van der Waals surface area contributed by atoms with Gasteiger partial charge >= 0.3 is 17.9 Å². The van der Waals surface area contributed by atoms with Crippen LogP contribution in [-0.4, -0.2) is 103 Å². The zero-order chi connectivity index (χ0) is 43.6. The lowest BCUT2D eigenvalue weighted by molar-refractivity contribution is -0.295. The lowest BCUT2D eigenvalue weighted by atomic mass is 9.87. The molecule has 10 atom stereocenters. The fourth-order valence-electron chi connectivity index (χ4n) is 6.99. The summed E-state index contributed by atoms with van der Waals surface area (Å²) >= 11 is 1.36. The predicted octanol–water partition coefficient (Wildman–Crippen LogP) is 5.31. The van der Waals surface area contributed by atoms with Crippen LogP contribution in [0.5, 0.6) is 0 Å². The Balaban J connectivity index is 1.53. The van der Waals surface area contributed by atoms with Crippen LogP contribution in [0.3, 0.4) is 0 Å². The highest BCUT2D eigenvalue weighted by molar-refractivity contribution is 7.99. The Hall–Kier alpha value is -4.35. The van der Waals surface area contributed by atoms with Crippen LogP contribution in [0.25, 0.3) is 0 Å². The maximum atomic E-state index is 12.7. The number of hydrogen-bond donors (Lipinski definition) is 2. The van der Waals surface area contributed by atoms with E-state index in [0.29, 0.717) is 0 Å². The molecule has 2 aliphatic heterocycles. The van der Waals surface area contributed by atoms with Crippen LogP contribution in [0.2, 0.25) is 0 Å². The first-order valence-corrected chi connectivity index (χ1v) is 20.8. The largest absolute Gasteiger partial charge is 0.463 e. The molecule has 0 aromatic heterocycles. The zero-order valence-electron chi connectivity index (χ0n) is 35.4. The number of rotatable bonds is 16. The fraction of sp³-hybridized carbons (Fsp3) is 0.511. The van der Waals surface area contributed by atoms with E-state index in [-0.39, 0.29) is 25.2 Å². The Morgan fingerprint density at radius 2 is 1.27 bits per heavy atom. The van der Waals surface area contributed by atoms with Crippen molar-refractivity contribution in [2.24, 2.45) is 0 Å². The molecular weight excluding hydrogens is 795 g/mol. The quantitative estimate of drug-likeness (QED) is 0.140. The number of hydrogen-bond acceptors (Lipinski definition) is 14. The molecular formula is C45H57NO13S. The van der Waals surface area contributed by atoms with E-state index in [9.17, 15) is 24.3 Å². The molecule has 3 aromatic rings. The number of nitrogens with one attached hydrogen (secondary N) is 1. The van der Waals surface area contributed by atoms with Gasteiger partial charge in [0.1, 0.15) is 48.6 Å². The minimum Gasteiger partial charge on any atom is -0.463 e. The number of esters is 3. The summed E-state index contributed by atoms with van der Waals surface area (Å²) in [4.78, 5) is 50.3. The number of amides is 1. The van der Waals surface area contributed by atoms with Gasteiger partial charge in [0.05, 0.1) is 19.8 Å². The van der Waals surface area contributed by atoms with E-state index in [1.54, 1.807) is 0 Å². The Bertz CT molecular complexity index is 1890. The Morgan fingerprint density at radius 1 is 0.700 bits per heavy atom. The van der Waals surface area contributed by atoms with Gasteiger partial charge in [-0.3, -0.25) is 19.2 Å². The van der Waals surface area contributed by atoms with E-state index in [0.717, 1.165) is 27.1 Å². The van der Waals surface area contributed by atoms with E-state index in [1.807, 2.05) is 73.7 Å². The Kier molecular flexibility index (Phi) is 16.7. The molecule has 2 saturated heterocycles. The van der Waals surface area contributed by atoms with Gasteiger partial charge in [0.15, 0.2) is 18.5 Å². The molecule has 15 heteroatoms. The average Bonchev–Trinajstić information content (AvgIpc) is 3.18. The number of aliphatic hydroxyl groups excluding tert-OH is 1. The molecule has 1 amide bonds. The van der Waals surface area contributed by atoms with Crippen molar-refractivity contribution in [1.29, 1.82) is 0 Å². The van der Waals surface area contributed by atoms with Gasteiger partial charge in [0.2, 0.25) is 5.91 Å². The molecule has 60 heavy (non-hydrogen) atoms. The van der Waals surface area contributed by atoms with Crippen molar-refractivity contribution in [2.75, 3.05) is 13.2 Å². The summed E-state index contributed by atoms with van der Waals surface area (Å²) in [5, 5.41) is 14.9. The standard InChI is InChI=1S/C45H57NO13S/c1-26-19-20-33(45(6,7)8)21-36(26)60-44-38(51)42(54-23-32-17-13-10-14-18-32)39(53-22-31-15-11-9-12-16-31)34(59-44)25-55-43-37(46-27(2)47)41(57-30(5)50)40(56-29(4)49)35(58-43)24-52-28(3)48/h9-21,34-35,37-44,51H,22-25H2,1-8H3,(H,46,47)/t34-,35-,37-,38+,39-,40-,41-,42-,43-,44-/m1/s1. The van der Waals surface area contributed by atoms with Gasteiger partial charge in [-0.05, 0) is 40.7 Å². The lowest BCUT2D eigenvalue weighted by Gasteiger charge is -2.47. The van der Waals surface area contributed by atoms with Crippen molar-refractivity contribution in [3.05, 3.63) is 101 Å². The summed E-state index contributed by atoms with van der Waals surface area (Å²) in [6.45, 7) is 12.9. The lowest BCUT2D eigenvalue weighted by Crippen LogP contribution is -2.67. The molecule has 326 valence electrons. The highest BCUT2D eigenvalue weighted by Gasteiger charge is 2.53. The molecule has 2 N–H and O–H groups in total. The molecule has 3 aromatic carbocycles. The molecule has 2 heterocycles. The minimum atomic E-state index is -1.36. The highest BCUT2D eigenvalue weighted by atomic mass is 32.2. The van der Waals surface area contributed by atoms with Crippen molar-refractivity contribution in [1.82, 2.24) is 5.32 Å². The van der Waals surface area contributed by atoms with Crippen LogP contribution in [0.1, 0.15) is 70.7 Å². The summed E-state index contributed by atoms with van der Waals surface area (Å²) in [6.07, 6.45) is -9.12. The zero-order valence-corrected chi connectivity index (χ0v) is 36.2. The van der Waals surface area contributed by atoms with Gasteiger partial charge in [0, 0.05) is 32.6 Å². The Morgan fingerprint density at radius 3 is 1.82 bits per heavy atom. The molecule has 2 fully saturated rings. The van der Waals surface area contributed by atoms with Crippen LogP contribution in [0.15, 0.2) is 83.8 Å². The van der Waals surface area contributed by atoms with Crippen LogP contribution in [0.4, 0.5) is 0 Å². The van der Waals surface area contributed by atoms with E-state index in [2.05, 4.69) is 38.2 Å². The second kappa shape index (κ2) is 21.4. The number of benzene rings is 3. The summed E-state index contributed by atoms with van der Waals surface area (Å²) in [7, 11) is 0. The molecule has 0 radical (unpaired) electrons. The molecule has 2 aliphatic rings. The van der Waals surface area contributed by atoms with Gasteiger partial charge in [-0.1, -0.05) is 105 Å². The number of carbonyl (C=O) groups excluding carboxylic acids is 4. The summed E-state index contributed by atoms with van der Waals surface area (Å²) in [6, 6.07) is 24.1. The van der Waals surface area contributed by atoms with Crippen LogP contribution < -0.4 is 5.32 Å². The summed E-state index contributed by atoms with van der Waals surface area (Å²) < 4.78 is 49.2. The molecule has 14 nitrogen and oxygen atoms in total. The molecule has 0 aliphatic carbocycles. The van der Waals surface area contributed by atoms with Crippen molar-refractivity contribution in [2.45, 2.75) is 139 Å². The second-order valence-corrected chi connectivity index (χ2v) is 17.1.